The van der Waals surface area contributed by atoms with Crippen LogP contribution in [-0.4, -0.2) is 9.78 Å². The second-order valence-electron chi connectivity index (χ2n) is 5.87. The lowest BCUT2D eigenvalue weighted by atomic mass is 9.87. The molecule has 0 atom stereocenters. The summed E-state index contributed by atoms with van der Waals surface area (Å²) in [6, 6.07) is 8.52. The standard InChI is InChI=1S/C20H22N2/c1-5-6-7-18-15(3)10-13-19-16(4)21-22(20(18)19)17-11-8-14(2)9-12-17/h5-9,11-12H,3,10,13H2,1-2,4H3/b6-5-,18-7+. The molecule has 0 saturated heterocycles. The van der Waals surface area contributed by atoms with Crippen LogP contribution in [-0.2, 0) is 6.42 Å². The molecule has 2 heteroatoms. The maximum Gasteiger partial charge on any atom is 0.0778 e. The van der Waals surface area contributed by atoms with Gasteiger partial charge in [0.25, 0.3) is 0 Å². The molecule has 1 aromatic heterocycles. The maximum absolute atomic E-state index is 4.80. The maximum atomic E-state index is 4.80. The Hall–Kier alpha value is -2.35. The summed E-state index contributed by atoms with van der Waals surface area (Å²) in [6.45, 7) is 10.5. The summed E-state index contributed by atoms with van der Waals surface area (Å²) in [4.78, 5) is 0. The van der Waals surface area contributed by atoms with Crippen molar-refractivity contribution < 1.29 is 0 Å². The minimum atomic E-state index is 1.01. The third-order valence-electron chi connectivity index (χ3n) is 4.23. The molecule has 1 aromatic carbocycles. The fraction of sp³-hybridized carbons (Fsp3) is 0.250. The number of hydrogen-bond donors (Lipinski definition) is 0. The van der Waals surface area contributed by atoms with Crippen LogP contribution in [0.2, 0.25) is 0 Å². The molecule has 22 heavy (non-hydrogen) atoms. The summed E-state index contributed by atoms with van der Waals surface area (Å²) in [5.41, 5.74) is 8.44. The first-order valence-corrected chi connectivity index (χ1v) is 7.79. The lowest BCUT2D eigenvalue weighted by Gasteiger charge is -2.20. The highest BCUT2D eigenvalue weighted by atomic mass is 15.3. The fourth-order valence-electron chi connectivity index (χ4n) is 2.98. The molecule has 1 heterocycles. The Labute approximate surface area is 132 Å². The van der Waals surface area contributed by atoms with Gasteiger partial charge in [-0.15, -0.1) is 0 Å². The minimum absolute atomic E-state index is 1.01. The van der Waals surface area contributed by atoms with Gasteiger partial charge in [0.1, 0.15) is 0 Å². The van der Waals surface area contributed by atoms with Gasteiger partial charge < -0.3 is 0 Å². The predicted molar refractivity (Wildman–Crippen MR) is 93.3 cm³/mol. The van der Waals surface area contributed by atoms with Crippen molar-refractivity contribution in [2.24, 2.45) is 0 Å². The summed E-state index contributed by atoms with van der Waals surface area (Å²) < 4.78 is 2.07. The number of aryl methyl sites for hydroxylation is 2. The molecule has 0 radical (unpaired) electrons. The summed E-state index contributed by atoms with van der Waals surface area (Å²) in [6.07, 6.45) is 8.33. The average molecular weight is 290 g/mol. The summed E-state index contributed by atoms with van der Waals surface area (Å²) in [5.74, 6) is 0. The van der Waals surface area contributed by atoms with Gasteiger partial charge in [0.2, 0.25) is 0 Å². The van der Waals surface area contributed by atoms with E-state index in [1.54, 1.807) is 0 Å². The van der Waals surface area contributed by atoms with Crippen molar-refractivity contribution in [1.82, 2.24) is 9.78 Å². The van der Waals surface area contributed by atoms with Gasteiger partial charge in [0.15, 0.2) is 0 Å². The van der Waals surface area contributed by atoms with Crippen LogP contribution in [0.3, 0.4) is 0 Å². The molecule has 0 N–H and O–H groups in total. The zero-order valence-electron chi connectivity index (χ0n) is 13.6. The fourth-order valence-corrected chi connectivity index (χ4v) is 2.98. The zero-order chi connectivity index (χ0) is 15.7. The Morgan fingerprint density at radius 3 is 2.55 bits per heavy atom. The second-order valence-corrected chi connectivity index (χ2v) is 5.87. The Kier molecular flexibility index (Phi) is 3.84. The van der Waals surface area contributed by atoms with E-state index >= 15 is 0 Å². The van der Waals surface area contributed by atoms with Crippen molar-refractivity contribution in [3.8, 4) is 5.69 Å². The molecule has 1 aliphatic rings. The summed E-state index contributed by atoms with van der Waals surface area (Å²) in [5, 5.41) is 4.80. The SMILES string of the molecule is C=C1CCc2c(C)nn(-c3ccc(C)cc3)c2/C1=C/C=C\C. The third-order valence-corrected chi connectivity index (χ3v) is 4.23. The Morgan fingerprint density at radius 2 is 1.86 bits per heavy atom. The smallest absolute Gasteiger partial charge is 0.0778 e. The molecular formula is C20H22N2. The Bertz CT molecular complexity index is 771. The first kappa shape index (κ1) is 14.6. The molecule has 1 aliphatic carbocycles. The highest BCUT2D eigenvalue weighted by molar-refractivity contribution is 5.82. The molecule has 112 valence electrons. The van der Waals surface area contributed by atoms with Crippen LogP contribution in [0.15, 0.2) is 54.6 Å². The van der Waals surface area contributed by atoms with Crippen LogP contribution in [0.4, 0.5) is 0 Å². The van der Waals surface area contributed by atoms with Gasteiger partial charge >= 0.3 is 0 Å². The molecule has 0 saturated carbocycles. The van der Waals surface area contributed by atoms with Gasteiger partial charge in [-0.1, -0.05) is 42.5 Å². The molecule has 0 aliphatic heterocycles. The largest absolute Gasteiger partial charge is 0.233 e. The van der Waals surface area contributed by atoms with E-state index in [2.05, 4.69) is 61.5 Å². The van der Waals surface area contributed by atoms with Gasteiger partial charge in [-0.25, -0.2) is 4.68 Å². The van der Waals surface area contributed by atoms with E-state index in [1.165, 1.54) is 28.0 Å². The first-order chi connectivity index (χ1) is 10.6. The van der Waals surface area contributed by atoms with Gasteiger partial charge in [0.05, 0.1) is 17.1 Å². The average Bonchev–Trinajstić information content (AvgIpc) is 2.84. The summed E-state index contributed by atoms with van der Waals surface area (Å²) >= 11 is 0. The lowest BCUT2D eigenvalue weighted by Crippen LogP contribution is -2.09. The lowest BCUT2D eigenvalue weighted by molar-refractivity contribution is 0.844. The number of aromatic nitrogens is 2. The number of hydrogen-bond acceptors (Lipinski definition) is 1. The van der Waals surface area contributed by atoms with Gasteiger partial charge in [-0.2, -0.15) is 5.10 Å². The Balaban J connectivity index is 2.22. The summed E-state index contributed by atoms with van der Waals surface area (Å²) in [7, 11) is 0. The van der Waals surface area contributed by atoms with Gasteiger partial charge in [0, 0.05) is 11.1 Å². The number of fused-ring (bicyclic) bond motifs is 1. The molecule has 0 spiro atoms. The van der Waals surface area contributed by atoms with Crippen molar-refractivity contribution in [2.75, 3.05) is 0 Å². The third kappa shape index (κ3) is 2.45. The van der Waals surface area contributed by atoms with E-state index in [-0.39, 0.29) is 0 Å². The minimum Gasteiger partial charge on any atom is -0.233 e. The monoisotopic (exact) mass is 290 g/mol. The highest BCUT2D eigenvalue weighted by Gasteiger charge is 2.25. The number of rotatable bonds is 2. The van der Waals surface area contributed by atoms with E-state index in [1.807, 2.05) is 13.0 Å². The molecule has 0 unspecified atom stereocenters. The van der Waals surface area contributed by atoms with E-state index < -0.39 is 0 Å². The number of allylic oxidation sites excluding steroid dienone is 5. The topological polar surface area (TPSA) is 17.8 Å². The quantitative estimate of drug-likeness (QED) is 0.765. The first-order valence-electron chi connectivity index (χ1n) is 7.79. The predicted octanol–water partition coefficient (Wildman–Crippen LogP) is 4.95. The van der Waals surface area contributed by atoms with Crippen LogP contribution in [0.1, 0.15) is 35.9 Å². The van der Waals surface area contributed by atoms with Crippen molar-refractivity contribution in [3.05, 3.63) is 77.2 Å². The van der Waals surface area contributed by atoms with E-state index in [0.717, 1.165) is 24.2 Å². The molecule has 3 rings (SSSR count). The van der Waals surface area contributed by atoms with Crippen LogP contribution < -0.4 is 0 Å². The number of nitrogens with zero attached hydrogens (tertiary/aromatic N) is 2. The van der Waals surface area contributed by atoms with Crippen LogP contribution in [0.5, 0.6) is 0 Å². The molecule has 0 amide bonds. The van der Waals surface area contributed by atoms with E-state index in [4.69, 9.17) is 5.10 Å². The van der Waals surface area contributed by atoms with Gasteiger partial charge in [-0.3, -0.25) is 0 Å². The van der Waals surface area contributed by atoms with E-state index in [0.29, 0.717) is 0 Å². The van der Waals surface area contributed by atoms with E-state index in [9.17, 15) is 0 Å². The van der Waals surface area contributed by atoms with Gasteiger partial charge in [-0.05, 0) is 51.3 Å². The van der Waals surface area contributed by atoms with Crippen LogP contribution in [0, 0.1) is 13.8 Å². The van der Waals surface area contributed by atoms with Crippen molar-refractivity contribution in [2.45, 2.75) is 33.6 Å². The van der Waals surface area contributed by atoms with Crippen LogP contribution in [0.25, 0.3) is 11.3 Å². The van der Waals surface area contributed by atoms with Crippen molar-refractivity contribution >= 4 is 5.57 Å². The normalized spacial score (nSPS) is 16.5. The molecule has 2 nitrogen and oxygen atoms in total. The number of benzene rings is 1. The van der Waals surface area contributed by atoms with Crippen molar-refractivity contribution in [3.63, 3.8) is 0 Å². The second kappa shape index (κ2) is 5.80. The highest BCUT2D eigenvalue weighted by Crippen LogP contribution is 2.37. The van der Waals surface area contributed by atoms with Crippen molar-refractivity contribution in [1.29, 1.82) is 0 Å². The Morgan fingerprint density at radius 1 is 1.14 bits per heavy atom. The van der Waals surface area contributed by atoms with Crippen LogP contribution >= 0.6 is 0 Å². The molecular weight excluding hydrogens is 268 g/mol. The molecule has 0 fully saturated rings. The molecule has 2 aromatic rings. The molecule has 0 bridgehead atoms. The zero-order valence-corrected chi connectivity index (χ0v) is 13.6.